The van der Waals surface area contributed by atoms with Gasteiger partial charge in [-0.3, -0.25) is 9.79 Å². The number of nitrogens with zero attached hydrogens (tertiary/aromatic N) is 2. The maximum absolute atomic E-state index is 12.2. The lowest BCUT2D eigenvalue weighted by Gasteiger charge is -2.34. The monoisotopic (exact) mass is 300 g/mol. The van der Waals surface area contributed by atoms with Crippen molar-refractivity contribution in [1.29, 1.82) is 0 Å². The Balaban J connectivity index is 2.05. The fourth-order valence-electron chi connectivity index (χ4n) is 3.07. The van der Waals surface area contributed by atoms with Crippen LogP contribution in [0.2, 0.25) is 0 Å². The lowest BCUT2D eigenvalue weighted by molar-refractivity contribution is -0.150. The fourth-order valence-corrected chi connectivity index (χ4v) is 3.07. The first-order chi connectivity index (χ1) is 9.81. The van der Waals surface area contributed by atoms with E-state index in [0.717, 1.165) is 24.0 Å². The molecule has 0 radical (unpaired) electrons. The molecule has 0 aliphatic carbocycles. The molecule has 0 N–H and O–H groups in total. The molecule has 2 rings (SSSR count). The molecule has 2 unspecified atom stereocenters. The Morgan fingerprint density at radius 2 is 2.24 bits per heavy atom. The Hall–Kier alpha value is -1.59. The molecule has 0 spiro atoms. The van der Waals surface area contributed by atoms with E-state index in [-0.39, 0.29) is 12.1 Å². The lowest BCUT2D eigenvalue weighted by Crippen LogP contribution is -2.43. The Morgan fingerprint density at radius 1 is 1.52 bits per heavy atom. The number of aliphatic imine (C=N–C) groups is 1. The fraction of sp³-hybridized carbons (Fsp3) is 0.600. The highest BCUT2D eigenvalue weighted by Crippen LogP contribution is 2.37. The molecule has 2 bridgehead atoms. The number of hydrogen-bond donors (Lipinski definition) is 0. The summed E-state index contributed by atoms with van der Waals surface area (Å²) in [6.45, 7) is 3.93. The van der Waals surface area contributed by atoms with E-state index in [0.29, 0.717) is 6.42 Å². The average molecular weight is 300 g/mol. The van der Waals surface area contributed by atoms with Crippen LogP contribution in [0.5, 0.6) is 0 Å². The molecule has 0 saturated carbocycles. The number of halogens is 3. The molecular weight excluding hydrogens is 281 g/mol. The van der Waals surface area contributed by atoms with E-state index in [1.54, 1.807) is 18.2 Å². The van der Waals surface area contributed by atoms with E-state index < -0.39 is 24.9 Å². The predicted molar refractivity (Wildman–Crippen MR) is 75.2 cm³/mol. The Bertz CT molecular complexity index is 494. The molecule has 116 valence electrons. The molecule has 2 heterocycles. The zero-order valence-electron chi connectivity index (χ0n) is 12.0. The summed E-state index contributed by atoms with van der Waals surface area (Å²) in [5.74, 6) is -0.398. The lowest BCUT2D eigenvalue weighted by atomic mass is 9.95. The van der Waals surface area contributed by atoms with Crippen molar-refractivity contribution < 1.29 is 18.0 Å². The summed E-state index contributed by atoms with van der Waals surface area (Å²) >= 11 is 0. The van der Waals surface area contributed by atoms with Crippen LogP contribution in [0.3, 0.4) is 0 Å². The van der Waals surface area contributed by atoms with Crippen LogP contribution in [0.4, 0.5) is 13.2 Å². The topological polar surface area (TPSA) is 32.7 Å². The zero-order valence-corrected chi connectivity index (χ0v) is 12.0. The van der Waals surface area contributed by atoms with Crippen LogP contribution < -0.4 is 0 Å². The Morgan fingerprint density at radius 3 is 2.81 bits per heavy atom. The Kier molecular flexibility index (Phi) is 4.54. The van der Waals surface area contributed by atoms with Crippen molar-refractivity contribution in [2.45, 2.75) is 50.4 Å². The first kappa shape index (κ1) is 15.8. The quantitative estimate of drug-likeness (QED) is 0.733. The average Bonchev–Trinajstić information content (AvgIpc) is 2.65. The highest BCUT2D eigenvalue weighted by Gasteiger charge is 2.40. The molecule has 0 aromatic heterocycles. The highest BCUT2D eigenvalue weighted by molar-refractivity contribution is 5.84. The van der Waals surface area contributed by atoms with Gasteiger partial charge in [0, 0.05) is 25.7 Å². The van der Waals surface area contributed by atoms with Gasteiger partial charge in [0.15, 0.2) is 0 Å². The minimum atomic E-state index is -4.28. The van der Waals surface area contributed by atoms with Crippen LogP contribution in [0, 0.1) is 0 Å². The number of rotatable bonds is 4. The maximum Gasteiger partial charge on any atom is 0.389 e. The number of fused-ring (bicyclic) bond motifs is 2. The maximum atomic E-state index is 12.2. The summed E-state index contributed by atoms with van der Waals surface area (Å²) in [6, 6.07) is -0.0979. The number of carbonyl (C=O) groups excluding carboxylic acids is 1. The summed E-state index contributed by atoms with van der Waals surface area (Å²) in [7, 11) is 1.66. The third-order valence-electron chi connectivity index (χ3n) is 4.00. The minimum Gasteiger partial charge on any atom is -0.333 e. The molecule has 2 aliphatic rings. The van der Waals surface area contributed by atoms with Crippen LogP contribution >= 0.6 is 0 Å². The molecule has 1 fully saturated rings. The summed E-state index contributed by atoms with van der Waals surface area (Å²) in [5, 5.41) is 0. The molecule has 1 saturated heterocycles. The molecule has 1 amide bonds. The molecule has 3 nitrogen and oxygen atoms in total. The Labute approximate surface area is 122 Å². The largest absolute Gasteiger partial charge is 0.389 e. The highest BCUT2D eigenvalue weighted by atomic mass is 19.4. The van der Waals surface area contributed by atoms with Crippen LogP contribution in [-0.4, -0.2) is 42.3 Å². The van der Waals surface area contributed by atoms with Crippen LogP contribution in [0.1, 0.15) is 32.1 Å². The molecule has 21 heavy (non-hydrogen) atoms. The van der Waals surface area contributed by atoms with Crippen molar-refractivity contribution >= 4 is 12.1 Å². The summed E-state index contributed by atoms with van der Waals surface area (Å²) in [5.41, 5.74) is 1.87. The second-order valence-corrected chi connectivity index (χ2v) is 5.52. The van der Waals surface area contributed by atoms with Gasteiger partial charge in [0.05, 0.1) is 12.5 Å². The second-order valence-electron chi connectivity index (χ2n) is 5.52. The van der Waals surface area contributed by atoms with Gasteiger partial charge in [0.25, 0.3) is 0 Å². The standard InChI is InChI=1S/C15H19F3N2O/c1-10(9-19-2)11-7-12-3-4-13(8-11)20(12)14(21)5-6-15(16,17)18/h7,9,12-13H,1,3-6,8H2,2H3. The molecule has 0 aromatic carbocycles. The van der Waals surface area contributed by atoms with Gasteiger partial charge in [-0.1, -0.05) is 12.7 Å². The summed E-state index contributed by atoms with van der Waals surface area (Å²) in [4.78, 5) is 17.6. The van der Waals surface area contributed by atoms with Crippen LogP contribution in [0.15, 0.2) is 28.8 Å². The van der Waals surface area contributed by atoms with Crippen LogP contribution in [-0.2, 0) is 4.79 Å². The molecule has 6 heteroatoms. The predicted octanol–water partition coefficient (Wildman–Crippen LogP) is 3.28. The third-order valence-corrected chi connectivity index (χ3v) is 4.00. The van der Waals surface area contributed by atoms with Gasteiger partial charge in [-0.2, -0.15) is 13.2 Å². The van der Waals surface area contributed by atoms with Crippen molar-refractivity contribution in [2.24, 2.45) is 4.99 Å². The van der Waals surface area contributed by atoms with Crippen molar-refractivity contribution in [3.63, 3.8) is 0 Å². The van der Waals surface area contributed by atoms with Gasteiger partial charge in [0.1, 0.15) is 0 Å². The van der Waals surface area contributed by atoms with E-state index in [1.165, 1.54) is 0 Å². The summed E-state index contributed by atoms with van der Waals surface area (Å²) < 4.78 is 36.7. The zero-order chi connectivity index (χ0) is 15.6. The summed E-state index contributed by atoms with van der Waals surface area (Å²) in [6.07, 6.45) is 0.133. The number of carbonyl (C=O) groups is 1. The number of amides is 1. The minimum absolute atomic E-state index is 0.00209. The number of alkyl halides is 3. The van der Waals surface area contributed by atoms with Gasteiger partial charge in [-0.15, -0.1) is 0 Å². The van der Waals surface area contributed by atoms with E-state index in [2.05, 4.69) is 11.6 Å². The van der Waals surface area contributed by atoms with Gasteiger partial charge in [-0.05, 0) is 30.4 Å². The van der Waals surface area contributed by atoms with Gasteiger partial charge in [0.2, 0.25) is 5.91 Å². The van der Waals surface area contributed by atoms with Crippen molar-refractivity contribution in [3.05, 3.63) is 23.8 Å². The molecular formula is C15H19F3N2O. The van der Waals surface area contributed by atoms with Crippen LogP contribution in [0.25, 0.3) is 0 Å². The molecule has 0 aromatic rings. The molecule has 2 aliphatic heterocycles. The second kappa shape index (κ2) is 6.03. The number of allylic oxidation sites excluding steroid dienone is 1. The van der Waals surface area contributed by atoms with E-state index in [9.17, 15) is 18.0 Å². The first-order valence-electron chi connectivity index (χ1n) is 7.02. The van der Waals surface area contributed by atoms with Gasteiger partial charge >= 0.3 is 6.18 Å². The number of hydrogen-bond acceptors (Lipinski definition) is 2. The first-order valence-corrected chi connectivity index (χ1v) is 7.02. The third kappa shape index (κ3) is 3.74. The SMILES string of the molecule is C=C(C=NC)C1=CC2CCC(C1)N2C(=O)CCC(F)(F)F. The smallest absolute Gasteiger partial charge is 0.333 e. The van der Waals surface area contributed by atoms with Gasteiger partial charge < -0.3 is 4.90 Å². The van der Waals surface area contributed by atoms with Crippen molar-refractivity contribution in [3.8, 4) is 0 Å². The molecule has 2 atom stereocenters. The van der Waals surface area contributed by atoms with Gasteiger partial charge in [-0.25, -0.2) is 0 Å². The van der Waals surface area contributed by atoms with Crippen molar-refractivity contribution in [2.75, 3.05) is 7.05 Å². The van der Waals surface area contributed by atoms with E-state index in [4.69, 9.17) is 0 Å². The normalized spacial score (nSPS) is 25.3. The van der Waals surface area contributed by atoms with E-state index in [1.807, 2.05) is 6.08 Å². The van der Waals surface area contributed by atoms with Crippen molar-refractivity contribution in [1.82, 2.24) is 4.90 Å². The van der Waals surface area contributed by atoms with E-state index >= 15 is 0 Å².